The van der Waals surface area contributed by atoms with E-state index in [1.54, 1.807) is 6.20 Å². The minimum atomic E-state index is 0.772. The summed E-state index contributed by atoms with van der Waals surface area (Å²) in [5.41, 5.74) is 6.80. The van der Waals surface area contributed by atoms with Crippen molar-refractivity contribution in [1.82, 2.24) is 9.88 Å². The minimum absolute atomic E-state index is 0.772. The van der Waals surface area contributed by atoms with Gasteiger partial charge in [0.25, 0.3) is 0 Å². The standard InChI is InChI=1S/C16H20N4/c17-19-16-15(6-3-9-18-16)12-20-10-7-13-4-1-2-5-14(13)8-11-20/h1-6,9H,7-8,10-12,17H2,(H,18,19). The third kappa shape index (κ3) is 2.81. The van der Waals surface area contributed by atoms with Gasteiger partial charge in [-0.1, -0.05) is 30.3 Å². The lowest BCUT2D eigenvalue weighted by molar-refractivity contribution is 0.279. The topological polar surface area (TPSA) is 54.2 Å². The smallest absolute Gasteiger partial charge is 0.144 e. The van der Waals surface area contributed by atoms with E-state index in [4.69, 9.17) is 5.84 Å². The van der Waals surface area contributed by atoms with Crippen LogP contribution in [0.2, 0.25) is 0 Å². The zero-order valence-electron chi connectivity index (χ0n) is 11.5. The van der Waals surface area contributed by atoms with Crippen LogP contribution in [0.25, 0.3) is 0 Å². The van der Waals surface area contributed by atoms with E-state index in [1.165, 1.54) is 11.1 Å². The van der Waals surface area contributed by atoms with E-state index in [-0.39, 0.29) is 0 Å². The maximum atomic E-state index is 5.52. The highest BCUT2D eigenvalue weighted by Crippen LogP contribution is 2.19. The Morgan fingerprint density at radius 1 is 1.05 bits per heavy atom. The van der Waals surface area contributed by atoms with E-state index in [2.05, 4.69) is 45.6 Å². The van der Waals surface area contributed by atoms with Gasteiger partial charge < -0.3 is 5.43 Å². The van der Waals surface area contributed by atoms with Crippen molar-refractivity contribution in [2.24, 2.45) is 5.84 Å². The zero-order chi connectivity index (χ0) is 13.8. The molecular weight excluding hydrogens is 248 g/mol. The van der Waals surface area contributed by atoms with E-state index in [0.717, 1.165) is 43.9 Å². The molecule has 4 nitrogen and oxygen atoms in total. The molecule has 1 aromatic carbocycles. The Labute approximate surface area is 119 Å². The number of nitrogens with zero attached hydrogens (tertiary/aromatic N) is 2. The number of aromatic nitrogens is 1. The van der Waals surface area contributed by atoms with Crippen LogP contribution in [0.3, 0.4) is 0 Å². The Bertz CT molecular complexity index is 555. The summed E-state index contributed by atoms with van der Waals surface area (Å²) in [6, 6.07) is 12.8. The minimum Gasteiger partial charge on any atom is -0.308 e. The third-order valence-corrected chi connectivity index (χ3v) is 3.94. The molecule has 104 valence electrons. The molecule has 0 aliphatic carbocycles. The average molecular weight is 268 g/mol. The Hall–Kier alpha value is -1.91. The molecule has 3 rings (SSSR count). The molecule has 0 atom stereocenters. The lowest BCUT2D eigenvalue weighted by Gasteiger charge is -2.20. The molecule has 0 unspecified atom stereocenters. The predicted molar refractivity (Wildman–Crippen MR) is 81.2 cm³/mol. The van der Waals surface area contributed by atoms with Gasteiger partial charge in [-0.15, -0.1) is 0 Å². The van der Waals surface area contributed by atoms with Gasteiger partial charge in [0, 0.05) is 31.4 Å². The number of hydrogen-bond donors (Lipinski definition) is 2. The van der Waals surface area contributed by atoms with E-state index < -0.39 is 0 Å². The number of nitrogen functional groups attached to an aromatic ring is 1. The van der Waals surface area contributed by atoms with Crippen LogP contribution in [-0.4, -0.2) is 23.0 Å². The number of benzene rings is 1. The Morgan fingerprint density at radius 3 is 2.40 bits per heavy atom. The molecule has 3 N–H and O–H groups in total. The summed E-state index contributed by atoms with van der Waals surface area (Å²) in [7, 11) is 0. The van der Waals surface area contributed by atoms with Crippen LogP contribution in [-0.2, 0) is 19.4 Å². The van der Waals surface area contributed by atoms with Crippen LogP contribution < -0.4 is 11.3 Å². The van der Waals surface area contributed by atoms with E-state index in [9.17, 15) is 0 Å². The fourth-order valence-corrected chi connectivity index (χ4v) is 2.81. The van der Waals surface area contributed by atoms with Crippen LogP contribution in [0.5, 0.6) is 0 Å². The summed E-state index contributed by atoms with van der Waals surface area (Å²) in [4.78, 5) is 6.73. The van der Waals surface area contributed by atoms with E-state index in [1.807, 2.05) is 6.07 Å². The Kier molecular flexibility index (Phi) is 3.95. The van der Waals surface area contributed by atoms with Gasteiger partial charge >= 0.3 is 0 Å². The lowest BCUT2D eigenvalue weighted by Crippen LogP contribution is -2.27. The molecule has 1 aliphatic rings. The van der Waals surface area contributed by atoms with Crippen molar-refractivity contribution in [3.05, 3.63) is 59.3 Å². The number of pyridine rings is 1. The first-order valence-corrected chi connectivity index (χ1v) is 7.06. The fourth-order valence-electron chi connectivity index (χ4n) is 2.81. The molecule has 1 aromatic heterocycles. The maximum Gasteiger partial charge on any atom is 0.144 e. The summed E-state index contributed by atoms with van der Waals surface area (Å²) in [6.45, 7) is 3.05. The summed E-state index contributed by atoms with van der Waals surface area (Å²) < 4.78 is 0. The predicted octanol–water partition coefficient (Wildman–Crippen LogP) is 1.97. The number of hydrogen-bond acceptors (Lipinski definition) is 4. The summed E-state index contributed by atoms with van der Waals surface area (Å²) in [6.07, 6.45) is 3.99. The summed E-state index contributed by atoms with van der Waals surface area (Å²) in [5, 5.41) is 0. The van der Waals surface area contributed by atoms with Gasteiger partial charge in [0.15, 0.2) is 0 Å². The first-order valence-electron chi connectivity index (χ1n) is 7.06. The second kappa shape index (κ2) is 6.03. The van der Waals surface area contributed by atoms with Crippen LogP contribution in [0, 0.1) is 0 Å². The second-order valence-corrected chi connectivity index (χ2v) is 5.20. The monoisotopic (exact) mass is 268 g/mol. The SMILES string of the molecule is NNc1ncccc1CN1CCc2ccccc2CC1. The van der Waals surface area contributed by atoms with Gasteiger partial charge in [-0.05, 0) is 30.0 Å². The number of rotatable bonds is 3. The average Bonchev–Trinajstić information content (AvgIpc) is 2.71. The number of hydrazine groups is 1. The highest BCUT2D eigenvalue weighted by Gasteiger charge is 2.15. The van der Waals surface area contributed by atoms with E-state index in [0.29, 0.717) is 0 Å². The van der Waals surface area contributed by atoms with Crippen LogP contribution in [0.1, 0.15) is 16.7 Å². The van der Waals surface area contributed by atoms with Gasteiger partial charge in [0.1, 0.15) is 5.82 Å². The van der Waals surface area contributed by atoms with Gasteiger partial charge in [0.05, 0.1) is 0 Å². The molecule has 2 heterocycles. The largest absolute Gasteiger partial charge is 0.308 e. The fraction of sp³-hybridized carbons (Fsp3) is 0.312. The number of anilines is 1. The molecule has 4 heteroatoms. The highest BCUT2D eigenvalue weighted by atomic mass is 15.3. The Balaban J connectivity index is 1.71. The molecule has 2 aromatic rings. The lowest BCUT2D eigenvalue weighted by atomic mass is 10.0. The maximum absolute atomic E-state index is 5.52. The first kappa shape index (κ1) is 13.1. The van der Waals surface area contributed by atoms with Gasteiger partial charge in [-0.3, -0.25) is 4.90 Å². The number of nitrogens with one attached hydrogen (secondary N) is 1. The number of nitrogens with two attached hydrogens (primary N) is 1. The normalized spacial score (nSPS) is 15.4. The number of fused-ring (bicyclic) bond motifs is 1. The van der Waals surface area contributed by atoms with E-state index >= 15 is 0 Å². The quantitative estimate of drug-likeness (QED) is 0.660. The van der Waals surface area contributed by atoms with Crippen molar-refractivity contribution in [3.8, 4) is 0 Å². The summed E-state index contributed by atoms with van der Waals surface area (Å²) >= 11 is 0. The molecule has 0 saturated heterocycles. The summed E-state index contributed by atoms with van der Waals surface area (Å²) in [5.74, 6) is 6.30. The molecule has 0 bridgehead atoms. The second-order valence-electron chi connectivity index (χ2n) is 5.20. The van der Waals surface area contributed by atoms with Gasteiger partial charge in [-0.2, -0.15) is 0 Å². The van der Waals surface area contributed by atoms with Crippen LogP contribution in [0.15, 0.2) is 42.6 Å². The molecule has 1 aliphatic heterocycles. The van der Waals surface area contributed by atoms with Gasteiger partial charge in [-0.25, -0.2) is 10.8 Å². The highest BCUT2D eigenvalue weighted by molar-refractivity contribution is 5.42. The molecule has 0 fully saturated rings. The zero-order valence-corrected chi connectivity index (χ0v) is 11.5. The van der Waals surface area contributed by atoms with Crippen molar-refractivity contribution in [2.75, 3.05) is 18.5 Å². The van der Waals surface area contributed by atoms with Crippen LogP contribution >= 0.6 is 0 Å². The van der Waals surface area contributed by atoms with Crippen molar-refractivity contribution in [1.29, 1.82) is 0 Å². The van der Waals surface area contributed by atoms with Gasteiger partial charge in [0.2, 0.25) is 0 Å². The van der Waals surface area contributed by atoms with Crippen molar-refractivity contribution in [2.45, 2.75) is 19.4 Å². The molecule has 0 spiro atoms. The Morgan fingerprint density at radius 2 is 1.75 bits per heavy atom. The van der Waals surface area contributed by atoms with Crippen molar-refractivity contribution >= 4 is 5.82 Å². The van der Waals surface area contributed by atoms with Crippen LogP contribution in [0.4, 0.5) is 5.82 Å². The first-order chi connectivity index (χ1) is 9.86. The molecular formula is C16H20N4. The molecule has 0 radical (unpaired) electrons. The molecule has 0 saturated carbocycles. The third-order valence-electron chi connectivity index (χ3n) is 3.94. The molecule has 0 amide bonds. The van der Waals surface area contributed by atoms with Crippen molar-refractivity contribution in [3.63, 3.8) is 0 Å². The van der Waals surface area contributed by atoms with Crippen molar-refractivity contribution < 1.29 is 0 Å². The molecule has 20 heavy (non-hydrogen) atoms.